The van der Waals surface area contributed by atoms with Crippen LogP contribution in [0.3, 0.4) is 0 Å². The predicted octanol–water partition coefficient (Wildman–Crippen LogP) is 3.99. The maximum Gasteiger partial charge on any atom is 0.270 e. The first-order valence-electron chi connectivity index (χ1n) is 7.82. The third-order valence-corrected chi connectivity index (χ3v) is 4.34. The summed E-state index contributed by atoms with van der Waals surface area (Å²) < 4.78 is 0. The first-order valence-corrected chi connectivity index (χ1v) is 7.82. The van der Waals surface area contributed by atoms with Gasteiger partial charge in [-0.3, -0.25) is 15.1 Å². The van der Waals surface area contributed by atoms with Gasteiger partial charge in [0.1, 0.15) is 0 Å². The lowest BCUT2D eigenvalue weighted by Gasteiger charge is -2.08. The van der Waals surface area contributed by atoms with Gasteiger partial charge in [-0.1, -0.05) is 42.1 Å². The standard InChI is InChI=1S/C20H14N2O3/c23-20-8-7-17(22(24)25)10-15(20)12-21-16-6-5-14-9-13-3-1-2-4-18(13)19(14)11-16/h1-8,10-12,23H,9H2/p-1. The van der Waals surface area contributed by atoms with Gasteiger partial charge >= 0.3 is 0 Å². The Labute approximate surface area is 144 Å². The van der Waals surface area contributed by atoms with E-state index in [-0.39, 0.29) is 17.0 Å². The van der Waals surface area contributed by atoms with Crippen LogP contribution in [0.25, 0.3) is 11.1 Å². The summed E-state index contributed by atoms with van der Waals surface area (Å²) in [6, 6.07) is 17.8. The molecule has 5 heteroatoms. The van der Waals surface area contributed by atoms with Gasteiger partial charge in [-0.2, -0.15) is 0 Å². The van der Waals surface area contributed by atoms with E-state index in [1.807, 2.05) is 30.3 Å². The Kier molecular flexibility index (Phi) is 3.54. The molecule has 0 saturated heterocycles. The molecule has 5 nitrogen and oxygen atoms in total. The van der Waals surface area contributed by atoms with Crippen molar-refractivity contribution in [2.24, 2.45) is 4.99 Å². The Morgan fingerprint density at radius 2 is 1.76 bits per heavy atom. The van der Waals surface area contributed by atoms with E-state index in [0.29, 0.717) is 5.69 Å². The normalized spacial score (nSPS) is 12.2. The van der Waals surface area contributed by atoms with Crippen LogP contribution in [0.15, 0.2) is 65.7 Å². The van der Waals surface area contributed by atoms with Crippen molar-refractivity contribution < 1.29 is 10.0 Å². The molecule has 0 bridgehead atoms. The number of benzene rings is 3. The van der Waals surface area contributed by atoms with E-state index >= 15 is 0 Å². The molecule has 0 N–H and O–H groups in total. The molecule has 1 aliphatic carbocycles. The number of non-ortho nitro benzene ring substituents is 1. The summed E-state index contributed by atoms with van der Waals surface area (Å²) in [6.07, 6.45) is 2.29. The average molecular weight is 329 g/mol. The maximum atomic E-state index is 11.9. The Morgan fingerprint density at radius 1 is 0.960 bits per heavy atom. The average Bonchev–Trinajstić information content (AvgIpc) is 2.99. The molecule has 0 spiro atoms. The summed E-state index contributed by atoms with van der Waals surface area (Å²) in [5.41, 5.74) is 5.68. The van der Waals surface area contributed by atoms with Crippen LogP contribution in [0.4, 0.5) is 11.4 Å². The summed E-state index contributed by atoms with van der Waals surface area (Å²) in [4.78, 5) is 14.7. The van der Waals surface area contributed by atoms with Crippen LogP contribution in [0.1, 0.15) is 16.7 Å². The Bertz CT molecular complexity index is 1030. The largest absolute Gasteiger partial charge is 0.872 e. The number of nitro groups is 1. The van der Waals surface area contributed by atoms with Gasteiger partial charge in [0, 0.05) is 18.3 Å². The topological polar surface area (TPSA) is 78.6 Å². The number of rotatable bonds is 3. The second kappa shape index (κ2) is 5.87. The van der Waals surface area contributed by atoms with Gasteiger partial charge in [0.05, 0.1) is 10.6 Å². The lowest BCUT2D eigenvalue weighted by atomic mass is 10.1. The zero-order valence-electron chi connectivity index (χ0n) is 13.2. The molecule has 4 rings (SSSR count). The van der Waals surface area contributed by atoms with E-state index in [9.17, 15) is 15.2 Å². The zero-order valence-corrected chi connectivity index (χ0v) is 13.2. The molecule has 25 heavy (non-hydrogen) atoms. The molecule has 0 atom stereocenters. The van der Waals surface area contributed by atoms with Crippen molar-refractivity contribution in [1.82, 2.24) is 0 Å². The minimum Gasteiger partial charge on any atom is -0.872 e. The van der Waals surface area contributed by atoms with E-state index in [1.54, 1.807) is 0 Å². The highest BCUT2D eigenvalue weighted by atomic mass is 16.6. The van der Waals surface area contributed by atoms with Crippen molar-refractivity contribution in [1.29, 1.82) is 0 Å². The zero-order chi connectivity index (χ0) is 17.4. The van der Waals surface area contributed by atoms with Crippen LogP contribution in [-0.4, -0.2) is 11.1 Å². The first-order chi connectivity index (χ1) is 12.1. The fourth-order valence-corrected chi connectivity index (χ4v) is 3.09. The summed E-state index contributed by atoms with van der Waals surface area (Å²) in [5, 5.41) is 22.7. The van der Waals surface area contributed by atoms with Crippen molar-refractivity contribution in [3.05, 3.63) is 87.5 Å². The van der Waals surface area contributed by atoms with Crippen molar-refractivity contribution >= 4 is 17.6 Å². The monoisotopic (exact) mass is 329 g/mol. The fourth-order valence-electron chi connectivity index (χ4n) is 3.09. The van der Waals surface area contributed by atoms with E-state index in [1.165, 1.54) is 41.1 Å². The highest BCUT2D eigenvalue weighted by Crippen LogP contribution is 2.38. The number of hydrogen-bond acceptors (Lipinski definition) is 4. The third-order valence-electron chi connectivity index (χ3n) is 4.34. The number of hydrogen-bond donors (Lipinski definition) is 0. The van der Waals surface area contributed by atoms with Crippen LogP contribution in [-0.2, 0) is 6.42 Å². The summed E-state index contributed by atoms with van der Waals surface area (Å²) >= 11 is 0. The van der Waals surface area contributed by atoms with Gasteiger partial charge in [0.15, 0.2) is 0 Å². The van der Waals surface area contributed by atoms with Crippen molar-refractivity contribution in [2.45, 2.75) is 6.42 Å². The quantitative estimate of drug-likeness (QED) is 0.324. The fraction of sp³-hybridized carbons (Fsp3) is 0.0500. The Balaban J connectivity index is 1.68. The predicted molar refractivity (Wildman–Crippen MR) is 94.5 cm³/mol. The lowest BCUT2D eigenvalue weighted by molar-refractivity contribution is -0.385. The molecule has 0 aromatic heterocycles. The molecular formula is C20H13N2O3-. The minimum absolute atomic E-state index is 0.121. The first kappa shape index (κ1) is 15.1. The molecule has 0 aliphatic heterocycles. The molecule has 0 fully saturated rings. The third kappa shape index (κ3) is 2.76. The molecule has 1 aliphatic rings. The van der Waals surface area contributed by atoms with Crippen molar-refractivity contribution in [3.8, 4) is 16.9 Å². The number of nitro benzene ring substituents is 1. The van der Waals surface area contributed by atoms with Crippen LogP contribution in [0, 0.1) is 10.1 Å². The highest BCUT2D eigenvalue weighted by molar-refractivity contribution is 5.87. The van der Waals surface area contributed by atoms with Gasteiger partial charge in [-0.25, -0.2) is 0 Å². The number of nitrogens with zero attached hydrogens (tertiary/aromatic N) is 2. The van der Waals surface area contributed by atoms with Crippen LogP contribution in [0.5, 0.6) is 5.75 Å². The summed E-state index contributed by atoms with van der Waals surface area (Å²) in [5.74, 6) is -0.291. The molecule has 0 amide bonds. The Morgan fingerprint density at radius 3 is 2.60 bits per heavy atom. The van der Waals surface area contributed by atoms with Gasteiger partial charge in [-0.05, 0) is 46.4 Å². The van der Waals surface area contributed by atoms with Gasteiger partial charge in [0.2, 0.25) is 0 Å². The van der Waals surface area contributed by atoms with Gasteiger partial charge in [0.25, 0.3) is 5.69 Å². The van der Waals surface area contributed by atoms with Gasteiger partial charge < -0.3 is 5.11 Å². The minimum atomic E-state index is -0.525. The number of aliphatic imine (C=N–C) groups is 1. The summed E-state index contributed by atoms with van der Waals surface area (Å²) in [6.45, 7) is 0. The molecule has 3 aromatic carbocycles. The molecule has 0 heterocycles. The van der Waals surface area contributed by atoms with Crippen LogP contribution in [0.2, 0.25) is 0 Å². The Hall–Kier alpha value is -3.47. The highest BCUT2D eigenvalue weighted by Gasteiger charge is 2.17. The molecule has 0 radical (unpaired) electrons. The second-order valence-corrected chi connectivity index (χ2v) is 5.91. The maximum absolute atomic E-state index is 11.9. The second-order valence-electron chi connectivity index (χ2n) is 5.91. The summed E-state index contributed by atoms with van der Waals surface area (Å²) in [7, 11) is 0. The van der Waals surface area contributed by atoms with Crippen molar-refractivity contribution in [2.75, 3.05) is 0 Å². The molecule has 3 aromatic rings. The van der Waals surface area contributed by atoms with E-state index < -0.39 is 4.92 Å². The van der Waals surface area contributed by atoms with Crippen LogP contribution >= 0.6 is 0 Å². The molecule has 0 saturated carbocycles. The van der Waals surface area contributed by atoms with E-state index in [2.05, 4.69) is 17.1 Å². The number of fused-ring (bicyclic) bond motifs is 3. The van der Waals surface area contributed by atoms with E-state index in [0.717, 1.165) is 12.0 Å². The SMILES string of the molecule is O=[N+]([O-])c1ccc([O-])c(C=Nc2ccc3c(c2)-c2ccccc2C3)c1. The molecular weight excluding hydrogens is 316 g/mol. The van der Waals surface area contributed by atoms with Crippen LogP contribution < -0.4 is 5.11 Å². The van der Waals surface area contributed by atoms with Crippen molar-refractivity contribution in [3.63, 3.8) is 0 Å². The molecule has 0 unspecified atom stereocenters. The lowest BCUT2D eigenvalue weighted by Crippen LogP contribution is -1.98. The van der Waals surface area contributed by atoms with Gasteiger partial charge in [-0.15, -0.1) is 0 Å². The van der Waals surface area contributed by atoms with E-state index in [4.69, 9.17) is 0 Å². The molecule has 122 valence electrons. The smallest absolute Gasteiger partial charge is 0.270 e.